The summed E-state index contributed by atoms with van der Waals surface area (Å²) in [5.74, 6) is 1.98. The minimum atomic E-state index is -0.418. The maximum absolute atomic E-state index is 11.7. The van der Waals surface area contributed by atoms with Crippen molar-refractivity contribution in [2.45, 2.75) is 20.5 Å². The average molecular weight is 437 g/mol. The van der Waals surface area contributed by atoms with Gasteiger partial charge in [0.2, 0.25) is 5.89 Å². The number of benzene rings is 2. The number of rotatable bonds is 11. The third kappa shape index (κ3) is 6.46. The van der Waals surface area contributed by atoms with Gasteiger partial charge in [-0.25, -0.2) is 9.78 Å². The van der Waals surface area contributed by atoms with E-state index in [1.54, 1.807) is 26.2 Å². The van der Waals surface area contributed by atoms with E-state index < -0.39 is 5.97 Å². The van der Waals surface area contributed by atoms with Crippen molar-refractivity contribution >= 4 is 12.0 Å². The standard InChI is InChI=1S/C25H27NO6/c1-4-29-24(27)13-11-19-10-12-21(30-15-14-28-3)16-23(19)31-17-22-18(2)32-25(26-22)20-8-6-5-7-9-20/h5-13,16H,4,14-15,17H2,1-3H3/b13-11+. The van der Waals surface area contributed by atoms with E-state index in [4.69, 9.17) is 23.4 Å². The van der Waals surface area contributed by atoms with E-state index in [2.05, 4.69) is 4.98 Å². The molecule has 0 spiro atoms. The van der Waals surface area contributed by atoms with Crippen LogP contribution in [0.25, 0.3) is 17.5 Å². The highest BCUT2D eigenvalue weighted by atomic mass is 16.5. The number of aryl methyl sites for hydroxylation is 1. The molecule has 3 rings (SSSR count). The molecule has 0 fully saturated rings. The number of carbonyl (C=O) groups excluding carboxylic acids is 1. The number of oxazole rings is 1. The van der Waals surface area contributed by atoms with Crippen LogP contribution in [0.5, 0.6) is 11.5 Å². The Bertz CT molecular complexity index is 1040. The maximum Gasteiger partial charge on any atom is 0.330 e. The van der Waals surface area contributed by atoms with Crippen LogP contribution in [-0.4, -0.2) is 37.9 Å². The van der Waals surface area contributed by atoms with Crippen LogP contribution in [0.1, 0.15) is 23.9 Å². The maximum atomic E-state index is 11.7. The first-order chi connectivity index (χ1) is 15.6. The third-order valence-corrected chi connectivity index (χ3v) is 4.50. The number of esters is 1. The van der Waals surface area contributed by atoms with Crippen LogP contribution in [0.3, 0.4) is 0 Å². The summed E-state index contributed by atoms with van der Waals surface area (Å²) in [4.78, 5) is 16.3. The molecule has 168 valence electrons. The van der Waals surface area contributed by atoms with Crippen molar-refractivity contribution < 1.29 is 28.2 Å². The molecule has 2 aromatic carbocycles. The first-order valence-corrected chi connectivity index (χ1v) is 10.4. The van der Waals surface area contributed by atoms with Crippen LogP contribution in [0, 0.1) is 6.92 Å². The summed E-state index contributed by atoms with van der Waals surface area (Å²) < 4.78 is 27.5. The Morgan fingerprint density at radius 3 is 2.66 bits per heavy atom. The topological polar surface area (TPSA) is 80.0 Å². The second-order valence-corrected chi connectivity index (χ2v) is 6.80. The zero-order chi connectivity index (χ0) is 22.8. The molecule has 0 atom stereocenters. The quantitative estimate of drug-likeness (QED) is 0.241. The van der Waals surface area contributed by atoms with E-state index in [0.29, 0.717) is 54.2 Å². The fourth-order valence-electron chi connectivity index (χ4n) is 2.87. The molecule has 7 nitrogen and oxygen atoms in total. The van der Waals surface area contributed by atoms with Gasteiger partial charge in [0.1, 0.15) is 36.2 Å². The summed E-state index contributed by atoms with van der Waals surface area (Å²) in [7, 11) is 1.62. The predicted molar refractivity (Wildman–Crippen MR) is 120 cm³/mol. The van der Waals surface area contributed by atoms with Crippen molar-refractivity contribution in [3.8, 4) is 23.0 Å². The Labute approximate surface area is 187 Å². The first-order valence-electron chi connectivity index (χ1n) is 10.4. The SMILES string of the molecule is CCOC(=O)/C=C/c1ccc(OCCOC)cc1OCc1nc(-c2ccccc2)oc1C. The molecule has 0 radical (unpaired) electrons. The minimum Gasteiger partial charge on any atom is -0.491 e. The van der Waals surface area contributed by atoms with Gasteiger partial charge in [0.05, 0.1) is 13.2 Å². The van der Waals surface area contributed by atoms with Gasteiger partial charge in [-0.15, -0.1) is 0 Å². The Balaban J connectivity index is 1.79. The molecule has 1 heterocycles. The highest BCUT2D eigenvalue weighted by Crippen LogP contribution is 2.28. The molecule has 0 saturated carbocycles. The van der Waals surface area contributed by atoms with Crippen LogP contribution in [0.15, 0.2) is 59.0 Å². The molecule has 0 unspecified atom stereocenters. The Morgan fingerprint density at radius 1 is 1.09 bits per heavy atom. The third-order valence-electron chi connectivity index (χ3n) is 4.50. The molecule has 1 aromatic heterocycles. The van der Waals surface area contributed by atoms with Crippen molar-refractivity contribution in [3.63, 3.8) is 0 Å². The zero-order valence-electron chi connectivity index (χ0n) is 18.5. The van der Waals surface area contributed by atoms with Crippen molar-refractivity contribution in [3.05, 3.63) is 71.6 Å². The van der Waals surface area contributed by atoms with E-state index >= 15 is 0 Å². The smallest absolute Gasteiger partial charge is 0.330 e. The lowest BCUT2D eigenvalue weighted by Gasteiger charge is -2.12. The Morgan fingerprint density at radius 2 is 1.91 bits per heavy atom. The Hall–Kier alpha value is -3.58. The van der Waals surface area contributed by atoms with Crippen LogP contribution in [0.2, 0.25) is 0 Å². The van der Waals surface area contributed by atoms with Crippen LogP contribution >= 0.6 is 0 Å². The van der Waals surface area contributed by atoms with Crippen molar-refractivity contribution in [2.24, 2.45) is 0 Å². The number of aromatic nitrogens is 1. The number of ether oxygens (including phenoxy) is 4. The molecular formula is C25H27NO6. The highest BCUT2D eigenvalue weighted by Gasteiger charge is 2.13. The molecule has 0 bridgehead atoms. The number of carbonyl (C=O) groups is 1. The number of hydrogen-bond donors (Lipinski definition) is 0. The van der Waals surface area contributed by atoms with E-state index in [1.165, 1.54) is 6.08 Å². The lowest BCUT2D eigenvalue weighted by molar-refractivity contribution is -0.137. The molecule has 0 aliphatic rings. The van der Waals surface area contributed by atoms with E-state index in [9.17, 15) is 4.79 Å². The van der Waals surface area contributed by atoms with Gasteiger partial charge in [-0.3, -0.25) is 0 Å². The summed E-state index contributed by atoms with van der Waals surface area (Å²) in [6.07, 6.45) is 3.02. The summed E-state index contributed by atoms with van der Waals surface area (Å²) in [6, 6.07) is 15.1. The molecule has 0 aliphatic heterocycles. The van der Waals surface area contributed by atoms with E-state index in [-0.39, 0.29) is 6.61 Å². The number of nitrogens with zero attached hydrogens (tertiary/aromatic N) is 1. The van der Waals surface area contributed by atoms with Gasteiger partial charge in [-0.1, -0.05) is 18.2 Å². The molecule has 0 aliphatic carbocycles. The van der Waals surface area contributed by atoms with Gasteiger partial charge in [0, 0.05) is 30.4 Å². The largest absolute Gasteiger partial charge is 0.491 e. The van der Waals surface area contributed by atoms with Crippen molar-refractivity contribution in [1.29, 1.82) is 0 Å². The number of hydrogen-bond acceptors (Lipinski definition) is 7. The molecule has 0 amide bonds. The number of methoxy groups -OCH3 is 1. The van der Waals surface area contributed by atoms with Crippen molar-refractivity contribution in [2.75, 3.05) is 26.9 Å². The molecule has 0 N–H and O–H groups in total. The lowest BCUT2D eigenvalue weighted by Crippen LogP contribution is -2.05. The van der Waals surface area contributed by atoms with Gasteiger partial charge in [-0.05, 0) is 44.2 Å². The minimum absolute atomic E-state index is 0.198. The fraction of sp³-hybridized carbons (Fsp3) is 0.280. The van der Waals surface area contributed by atoms with Gasteiger partial charge < -0.3 is 23.4 Å². The zero-order valence-corrected chi connectivity index (χ0v) is 18.5. The van der Waals surface area contributed by atoms with E-state index in [1.807, 2.05) is 49.4 Å². The summed E-state index contributed by atoms with van der Waals surface area (Å²) >= 11 is 0. The average Bonchev–Trinajstić information content (AvgIpc) is 3.18. The summed E-state index contributed by atoms with van der Waals surface area (Å²) in [6.45, 7) is 5.01. The van der Waals surface area contributed by atoms with Crippen LogP contribution < -0.4 is 9.47 Å². The summed E-state index contributed by atoms with van der Waals surface area (Å²) in [5, 5.41) is 0. The second kappa shape index (κ2) is 11.7. The Kier molecular flexibility index (Phi) is 8.45. The van der Waals surface area contributed by atoms with Crippen LogP contribution in [0.4, 0.5) is 0 Å². The monoisotopic (exact) mass is 437 g/mol. The molecular weight excluding hydrogens is 410 g/mol. The molecule has 3 aromatic rings. The molecule has 32 heavy (non-hydrogen) atoms. The first kappa shape index (κ1) is 23.1. The van der Waals surface area contributed by atoms with E-state index in [0.717, 1.165) is 5.56 Å². The highest BCUT2D eigenvalue weighted by molar-refractivity contribution is 5.87. The normalized spacial score (nSPS) is 11.0. The van der Waals surface area contributed by atoms with Gasteiger partial charge in [0.15, 0.2) is 0 Å². The van der Waals surface area contributed by atoms with Gasteiger partial charge >= 0.3 is 5.97 Å². The summed E-state index contributed by atoms with van der Waals surface area (Å²) in [5.41, 5.74) is 2.30. The lowest BCUT2D eigenvalue weighted by atomic mass is 10.1. The van der Waals surface area contributed by atoms with Crippen molar-refractivity contribution in [1.82, 2.24) is 4.98 Å². The predicted octanol–water partition coefficient (Wildman–Crippen LogP) is 4.83. The second-order valence-electron chi connectivity index (χ2n) is 6.80. The van der Waals surface area contributed by atoms with Gasteiger partial charge in [0.25, 0.3) is 0 Å². The molecule has 0 saturated heterocycles. The fourth-order valence-corrected chi connectivity index (χ4v) is 2.87. The van der Waals surface area contributed by atoms with Crippen LogP contribution in [-0.2, 0) is 20.9 Å². The van der Waals surface area contributed by atoms with Gasteiger partial charge in [-0.2, -0.15) is 0 Å². The molecule has 7 heteroatoms.